The molecule has 1 saturated carbocycles. The van der Waals surface area contributed by atoms with E-state index in [0.717, 1.165) is 31.4 Å². The van der Waals surface area contributed by atoms with Crippen molar-refractivity contribution in [1.82, 2.24) is 0 Å². The summed E-state index contributed by atoms with van der Waals surface area (Å²) in [5.41, 5.74) is 6.70. The molecule has 0 atom stereocenters. The van der Waals surface area contributed by atoms with Gasteiger partial charge in [0.15, 0.2) is 0 Å². The summed E-state index contributed by atoms with van der Waals surface area (Å²) in [6, 6.07) is 9.90. The van der Waals surface area contributed by atoms with E-state index >= 15 is 0 Å². The summed E-state index contributed by atoms with van der Waals surface area (Å²) < 4.78 is 0. The van der Waals surface area contributed by atoms with Crippen LogP contribution in [0.1, 0.15) is 25.7 Å². The van der Waals surface area contributed by atoms with Gasteiger partial charge in [-0.05, 0) is 37.8 Å². The lowest BCUT2D eigenvalue weighted by molar-refractivity contribution is -0.120. The van der Waals surface area contributed by atoms with Gasteiger partial charge in [-0.15, -0.1) is 0 Å². The normalized spacial score (nSPS) is 25.1. The van der Waals surface area contributed by atoms with Gasteiger partial charge in [0.25, 0.3) is 0 Å². The molecule has 0 spiro atoms. The summed E-state index contributed by atoms with van der Waals surface area (Å²) in [5, 5.41) is 2.95. The number of para-hydroxylation sites is 1. The van der Waals surface area contributed by atoms with Gasteiger partial charge in [0, 0.05) is 17.6 Å². The number of nitrogens with one attached hydrogen (secondary N) is 1. The van der Waals surface area contributed by atoms with Gasteiger partial charge >= 0.3 is 0 Å². The van der Waals surface area contributed by atoms with Gasteiger partial charge in [-0.25, -0.2) is 0 Å². The quantitative estimate of drug-likeness (QED) is 0.799. The van der Waals surface area contributed by atoms with Crippen molar-refractivity contribution in [2.75, 3.05) is 5.32 Å². The van der Waals surface area contributed by atoms with Gasteiger partial charge in [0.05, 0.1) is 0 Å². The molecule has 1 aromatic rings. The predicted octanol–water partition coefficient (Wildman–Crippen LogP) is 2.14. The Balaban J connectivity index is 1.89. The number of nitrogens with two attached hydrogens (primary N) is 1. The van der Waals surface area contributed by atoms with E-state index < -0.39 is 0 Å². The monoisotopic (exact) mass is 218 g/mol. The Bertz CT molecular complexity index is 342. The molecule has 16 heavy (non-hydrogen) atoms. The van der Waals surface area contributed by atoms with Crippen molar-refractivity contribution in [3.05, 3.63) is 30.3 Å². The highest BCUT2D eigenvalue weighted by molar-refractivity contribution is 5.92. The third-order valence-electron chi connectivity index (χ3n) is 3.18. The van der Waals surface area contributed by atoms with E-state index in [1.54, 1.807) is 0 Å². The van der Waals surface area contributed by atoms with Crippen molar-refractivity contribution in [2.45, 2.75) is 31.7 Å². The van der Waals surface area contributed by atoms with E-state index in [0.29, 0.717) is 6.04 Å². The first kappa shape index (κ1) is 11.1. The topological polar surface area (TPSA) is 55.1 Å². The second-order valence-corrected chi connectivity index (χ2v) is 4.47. The van der Waals surface area contributed by atoms with E-state index in [2.05, 4.69) is 5.32 Å². The third-order valence-corrected chi connectivity index (χ3v) is 3.18. The second kappa shape index (κ2) is 5.12. The fourth-order valence-electron chi connectivity index (χ4n) is 2.15. The van der Waals surface area contributed by atoms with E-state index in [4.69, 9.17) is 5.73 Å². The molecule has 3 heteroatoms. The number of hydrogen-bond acceptors (Lipinski definition) is 2. The molecular weight excluding hydrogens is 200 g/mol. The Morgan fingerprint density at radius 2 is 1.75 bits per heavy atom. The summed E-state index contributed by atoms with van der Waals surface area (Å²) in [6.45, 7) is 0. The zero-order valence-corrected chi connectivity index (χ0v) is 9.36. The molecule has 0 heterocycles. The van der Waals surface area contributed by atoms with E-state index in [1.807, 2.05) is 30.3 Å². The highest BCUT2D eigenvalue weighted by Gasteiger charge is 2.24. The summed E-state index contributed by atoms with van der Waals surface area (Å²) in [4.78, 5) is 11.9. The first-order chi connectivity index (χ1) is 7.75. The molecule has 0 aliphatic heterocycles. The third kappa shape index (κ3) is 2.83. The van der Waals surface area contributed by atoms with Gasteiger partial charge in [0.1, 0.15) is 0 Å². The first-order valence-electron chi connectivity index (χ1n) is 5.87. The molecule has 1 fully saturated rings. The molecule has 0 bridgehead atoms. The number of benzene rings is 1. The fraction of sp³-hybridized carbons (Fsp3) is 0.462. The molecule has 2 rings (SSSR count). The highest BCUT2D eigenvalue weighted by atomic mass is 16.1. The van der Waals surface area contributed by atoms with Crippen LogP contribution >= 0.6 is 0 Å². The highest BCUT2D eigenvalue weighted by Crippen LogP contribution is 2.24. The van der Waals surface area contributed by atoms with Crippen molar-refractivity contribution in [2.24, 2.45) is 11.7 Å². The fourth-order valence-corrected chi connectivity index (χ4v) is 2.15. The molecule has 3 N–H and O–H groups in total. The van der Waals surface area contributed by atoms with Crippen LogP contribution in [0.5, 0.6) is 0 Å². The van der Waals surface area contributed by atoms with Gasteiger partial charge in [0.2, 0.25) is 5.91 Å². The van der Waals surface area contributed by atoms with E-state index in [9.17, 15) is 4.79 Å². The molecule has 86 valence electrons. The number of anilines is 1. The lowest BCUT2D eigenvalue weighted by Gasteiger charge is -2.25. The largest absolute Gasteiger partial charge is 0.328 e. The van der Waals surface area contributed by atoms with Crippen LogP contribution in [0.15, 0.2) is 30.3 Å². The minimum absolute atomic E-state index is 0.137. The average molecular weight is 218 g/mol. The molecule has 0 aromatic heterocycles. The lowest BCUT2D eigenvalue weighted by Crippen LogP contribution is -2.32. The van der Waals surface area contributed by atoms with Gasteiger partial charge < -0.3 is 11.1 Å². The minimum atomic E-state index is 0.137. The number of amides is 1. The van der Waals surface area contributed by atoms with Gasteiger partial charge in [-0.2, -0.15) is 0 Å². The second-order valence-electron chi connectivity index (χ2n) is 4.47. The summed E-state index contributed by atoms with van der Waals surface area (Å²) in [7, 11) is 0. The summed E-state index contributed by atoms with van der Waals surface area (Å²) in [6.07, 6.45) is 3.76. The molecule has 3 nitrogen and oxygen atoms in total. The number of hydrogen-bond donors (Lipinski definition) is 2. The van der Waals surface area contributed by atoms with Crippen LogP contribution < -0.4 is 11.1 Å². The molecule has 1 aliphatic rings. The molecule has 1 amide bonds. The predicted molar refractivity (Wildman–Crippen MR) is 65.0 cm³/mol. The van der Waals surface area contributed by atoms with Crippen molar-refractivity contribution in [3.63, 3.8) is 0 Å². The minimum Gasteiger partial charge on any atom is -0.328 e. The van der Waals surface area contributed by atoms with Crippen LogP contribution in [0.4, 0.5) is 5.69 Å². The molecule has 0 unspecified atom stereocenters. The maximum atomic E-state index is 11.9. The van der Waals surface area contributed by atoms with Crippen molar-refractivity contribution < 1.29 is 4.79 Å². The molecule has 1 aromatic carbocycles. The molecule has 0 saturated heterocycles. The zero-order chi connectivity index (χ0) is 11.4. The number of carbonyl (C=O) groups is 1. The number of rotatable bonds is 2. The average Bonchev–Trinajstić information content (AvgIpc) is 2.31. The maximum absolute atomic E-state index is 11.9. The Hall–Kier alpha value is -1.35. The van der Waals surface area contributed by atoms with Gasteiger partial charge in [-0.3, -0.25) is 4.79 Å². The van der Waals surface area contributed by atoms with Crippen molar-refractivity contribution in [3.8, 4) is 0 Å². The van der Waals surface area contributed by atoms with Crippen LogP contribution in [0, 0.1) is 5.92 Å². The Morgan fingerprint density at radius 3 is 2.38 bits per heavy atom. The van der Waals surface area contributed by atoms with Gasteiger partial charge in [-0.1, -0.05) is 18.2 Å². The summed E-state index contributed by atoms with van der Waals surface area (Å²) in [5.74, 6) is 0.276. The summed E-state index contributed by atoms with van der Waals surface area (Å²) >= 11 is 0. The molecular formula is C13H18N2O. The van der Waals surface area contributed by atoms with Crippen LogP contribution in [-0.2, 0) is 4.79 Å². The Labute approximate surface area is 96.0 Å². The zero-order valence-electron chi connectivity index (χ0n) is 9.36. The SMILES string of the molecule is N[C@H]1CC[C@@H](C(=O)Nc2ccccc2)CC1. The maximum Gasteiger partial charge on any atom is 0.227 e. The first-order valence-corrected chi connectivity index (χ1v) is 5.87. The standard InChI is InChI=1S/C13H18N2O/c14-11-8-6-10(7-9-11)13(16)15-12-4-2-1-3-5-12/h1-5,10-11H,6-9,14H2,(H,15,16)/t10-,11+. The smallest absolute Gasteiger partial charge is 0.227 e. The number of carbonyl (C=O) groups excluding carboxylic acids is 1. The molecule has 1 aliphatic carbocycles. The Kier molecular flexibility index (Phi) is 3.57. The van der Waals surface area contributed by atoms with Crippen LogP contribution in [0.3, 0.4) is 0 Å². The Morgan fingerprint density at radius 1 is 1.12 bits per heavy atom. The van der Waals surface area contributed by atoms with Crippen molar-refractivity contribution >= 4 is 11.6 Å². The van der Waals surface area contributed by atoms with E-state index in [1.165, 1.54) is 0 Å². The van der Waals surface area contributed by atoms with Crippen LogP contribution in [-0.4, -0.2) is 11.9 Å². The molecule has 0 radical (unpaired) electrons. The lowest BCUT2D eigenvalue weighted by atomic mass is 9.86. The van der Waals surface area contributed by atoms with Crippen LogP contribution in [0.25, 0.3) is 0 Å². The van der Waals surface area contributed by atoms with Crippen molar-refractivity contribution in [1.29, 1.82) is 0 Å². The van der Waals surface area contributed by atoms with E-state index in [-0.39, 0.29) is 11.8 Å². The van der Waals surface area contributed by atoms with Crippen LogP contribution in [0.2, 0.25) is 0 Å².